The molecule has 0 aliphatic carbocycles. The summed E-state index contributed by atoms with van der Waals surface area (Å²) in [6.07, 6.45) is 1.60. The predicted molar refractivity (Wildman–Crippen MR) is 93.2 cm³/mol. The van der Waals surface area contributed by atoms with Crippen LogP contribution in [0, 0.1) is 5.92 Å². The van der Waals surface area contributed by atoms with Gasteiger partial charge in [0.05, 0.1) is 17.6 Å². The number of methoxy groups -OCH3 is 1. The van der Waals surface area contributed by atoms with E-state index in [-0.39, 0.29) is 16.4 Å². The highest BCUT2D eigenvalue weighted by molar-refractivity contribution is 7.90. The smallest absolute Gasteiger partial charge is 0.339 e. The van der Waals surface area contributed by atoms with E-state index in [0.717, 1.165) is 6.26 Å². The monoisotopic (exact) mass is 385 g/mol. The Labute approximate surface area is 152 Å². The Morgan fingerprint density at radius 3 is 2.35 bits per heavy atom. The first-order valence-corrected chi connectivity index (χ1v) is 9.84. The van der Waals surface area contributed by atoms with E-state index in [0.29, 0.717) is 6.42 Å². The van der Waals surface area contributed by atoms with Crippen LogP contribution >= 0.6 is 0 Å². The Balaban J connectivity index is 2.79. The van der Waals surface area contributed by atoms with Gasteiger partial charge < -0.3 is 14.8 Å². The van der Waals surface area contributed by atoms with Crippen molar-refractivity contribution >= 4 is 27.7 Å². The van der Waals surface area contributed by atoms with Gasteiger partial charge in [-0.15, -0.1) is 0 Å². The van der Waals surface area contributed by atoms with Gasteiger partial charge in [-0.3, -0.25) is 4.79 Å². The first-order valence-electron chi connectivity index (χ1n) is 7.95. The number of amides is 1. The van der Waals surface area contributed by atoms with Crippen LogP contribution in [0.25, 0.3) is 0 Å². The molecule has 8 nitrogen and oxygen atoms in total. The molecule has 0 bridgehead atoms. The quantitative estimate of drug-likeness (QED) is 0.662. The summed E-state index contributed by atoms with van der Waals surface area (Å²) in [6, 6.07) is 4.68. The van der Waals surface area contributed by atoms with Crippen molar-refractivity contribution in [1.82, 2.24) is 5.32 Å². The van der Waals surface area contributed by atoms with Crippen LogP contribution in [0.5, 0.6) is 0 Å². The summed E-state index contributed by atoms with van der Waals surface area (Å²) in [5.74, 6) is -2.40. The van der Waals surface area contributed by atoms with Gasteiger partial charge in [0, 0.05) is 6.26 Å². The van der Waals surface area contributed by atoms with Crippen LogP contribution in [-0.2, 0) is 28.9 Å². The molecule has 144 valence electrons. The lowest BCUT2D eigenvalue weighted by Gasteiger charge is -2.21. The van der Waals surface area contributed by atoms with E-state index >= 15 is 0 Å². The maximum Gasteiger partial charge on any atom is 0.339 e. The molecule has 0 aliphatic heterocycles. The molecule has 0 aromatic heterocycles. The van der Waals surface area contributed by atoms with Crippen LogP contribution in [0.2, 0.25) is 0 Å². The number of benzene rings is 1. The molecule has 0 spiro atoms. The highest BCUT2D eigenvalue weighted by Gasteiger charge is 2.27. The van der Waals surface area contributed by atoms with Gasteiger partial charge in [0.15, 0.2) is 16.4 Å². The van der Waals surface area contributed by atoms with Crippen molar-refractivity contribution in [2.24, 2.45) is 5.92 Å². The summed E-state index contributed by atoms with van der Waals surface area (Å²) in [6.45, 7) is 2.98. The number of esters is 2. The van der Waals surface area contributed by atoms with Gasteiger partial charge in [-0.05, 0) is 18.1 Å². The fourth-order valence-corrected chi connectivity index (χ4v) is 3.06. The molecule has 1 amide bonds. The maximum atomic E-state index is 12.1. The average molecular weight is 385 g/mol. The summed E-state index contributed by atoms with van der Waals surface area (Å²) in [5, 5.41) is 2.46. The van der Waals surface area contributed by atoms with Crippen LogP contribution in [0.4, 0.5) is 0 Å². The molecule has 0 saturated carbocycles. The number of sulfone groups is 1. The average Bonchev–Trinajstić information content (AvgIpc) is 2.62. The highest BCUT2D eigenvalue weighted by Crippen LogP contribution is 2.16. The minimum Gasteiger partial charge on any atom is -0.467 e. The molecule has 1 rings (SSSR count). The lowest BCUT2D eigenvalue weighted by atomic mass is 9.99. The second kappa shape index (κ2) is 9.33. The molecule has 1 aromatic carbocycles. The minimum atomic E-state index is -3.63. The fourth-order valence-electron chi connectivity index (χ4n) is 2.18. The Kier molecular flexibility index (Phi) is 7.76. The largest absolute Gasteiger partial charge is 0.467 e. The van der Waals surface area contributed by atoms with Crippen LogP contribution in [0.1, 0.15) is 30.6 Å². The molecule has 0 aliphatic rings. The van der Waals surface area contributed by atoms with E-state index in [2.05, 4.69) is 10.1 Å². The van der Waals surface area contributed by atoms with Crippen molar-refractivity contribution in [3.05, 3.63) is 29.8 Å². The zero-order chi connectivity index (χ0) is 19.9. The lowest BCUT2D eigenvalue weighted by molar-refractivity contribution is -0.147. The van der Waals surface area contributed by atoms with Crippen LogP contribution in [0.3, 0.4) is 0 Å². The maximum absolute atomic E-state index is 12.1. The number of rotatable bonds is 8. The number of hydrogen-bond acceptors (Lipinski definition) is 7. The van der Waals surface area contributed by atoms with E-state index < -0.39 is 40.3 Å². The van der Waals surface area contributed by atoms with Crippen molar-refractivity contribution in [2.45, 2.75) is 31.2 Å². The fraction of sp³-hybridized carbons (Fsp3) is 0.471. The molecule has 0 heterocycles. The highest BCUT2D eigenvalue weighted by atomic mass is 32.2. The molecule has 1 N–H and O–H groups in total. The number of ether oxygens (including phenoxy) is 2. The second-order valence-corrected chi connectivity index (χ2v) is 7.78. The van der Waals surface area contributed by atoms with Gasteiger partial charge in [0.2, 0.25) is 0 Å². The summed E-state index contributed by atoms with van der Waals surface area (Å²) in [7, 11) is -2.41. The Morgan fingerprint density at radius 2 is 1.81 bits per heavy atom. The van der Waals surface area contributed by atoms with Gasteiger partial charge in [0.25, 0.3) is 5.91 Å². The standard InChI is InChI=1S/C17H23NO7S/c1-5-11(2)15(17(21)24-3)18-14(19)10-25-16(20)12-8-6-7-9-13(12)26(4,22)23/h6-9,11,15H,5,10H2,1-4H3,(H,18,19). The number of carbonyl (C=O) groups excluding carboxylic acids is 3. The summed E-state index contributed by atoms with van der Waals surface area (Å²) in [5.41, 5.74) is -0.158. The third-order valence-corrected chi connectivity index (χ3v) is 4.98. The molecular weight excluding hydrogens is 362 g/mol. The van der Waals surface area contributed by atoms with Gasteiger partial charge >= 0.3 is 11.9 Å². The van der Waals surface area contributed by atoms with Gasteiger partial charge in [-0.2, -0.15) is 0 Å². The Hall–Kier alpha value is -2.42. The number of nitrogens with one attached hydrogen (secondary N) is 1. The molecule has 0 radical (unpaired) electrons. The van der Waals surface area contributed by atoms with Crippen molar-refractivity contribution in [3.63, 3.8) is 0 Å². The third kappa shape index (κ3) is 5.83. The van der Waals surface area contributed by atoms with Gasteiger partial charge in [0.1, 0.15) is 6.04 Å². The predicted octanol–water partition coefficient (Wildman–Crippen LogP) is 0.951. The van der Waals surface area contributed by atoms with E-state index in [1.807, 2.05) is 6.92 Å². The number of carbonyl (C=O) groups is 3. The minimum absolute atomic E-state index is 0.158. The SMILES string of the molecule is CCC(C)C(NC(=O)COC(=O)c1ccccc1S(C)(=O)=O)C(=O)OC. The van der Waals surface area contributed by atoms with Crippen molar-refractivity contribution in [2.75, 3.05) is 20.0 Å². The van der Waals surface area contributed by atoms with E-state index in [1.165, 1.54) is 31.4 Å². The van der Waals surface area contributed by atoms with Gasteiger partial charge in [-0.1, -0.05) is 32.4 Å². The molecule has 26 heavy (non-hydrogen) atoms. The molecule has 1 aromatic rings. The van der Waals surface area contributed by atoms with Crippen LogP contribution < -0.4 is 5.32 Å². The van der Waals surface area contributed by atoms with Crippen LogP contribution in [0.15, 0.2) is 29.2 Å². The Morgan fingerprint density at radius 1 is 1.19 bits per heavy atom. The van der Waals surface area contributed by atoms with Crippen LogP contribution in [-0.4, -0.2) is 52.3 Å². The summed E-state index contributed by atoms with van der Waals surface area (Å²) < 4.78 is 33.0. The first kappa shape index (κ1) is 21.6. The molecule has 2 atom stereocenters. The van der Waals surface area contributed by atoms with Crippen molar-refractivity contribution in [1.29, 1.82) is 0 Å². The summed E-state index contributed by atoms with van der Waals surface area (Å²) in [4.78, 5) is 35.7. The lowest BCUT2D eigenvalue weighted by Crippen LogP contribution is -2.47. The van der Waals surface area contributed by atoms with E-state index in [1.54, 1.807) is 6.92 Å². The van der Waals surface area contributed by atoms with Crippen molar-refractivity contribution in [3.8, 4) is 0 Å². The molecule has 0 saturated heterocycles. The zero-order valence-corrected chi connectivity index (χ0v) is 16.0. The van der Waals surface area contributed by atoms with Crippen molar-refractivity contribution < 1.29 is 32.3 Å². The normalized spacial score (nSPS) is 13.4. The molecular formula is C17H23NO7S. The van der Waals surface area contributed by atoms with E-state index in [9.17, 15) is 22.8 Å². The summed E-state index contributed by atoms with van der Waals surface area (Å²) >= 11 is 0. The molecule has 0 fully saturated rings. The third-order valence-electron chi connectivity index (χ3n) is 3.83. The van der Waals surface area contributed by atoms with E-state index in [4.69, 9.17) is 4.74 Å². The Bertz CT molecular complexity index is 773. The molecule has 2 unspecified atom stereocenters. The topological polar surface area (TPSA) is 116 Å². The second-order valence-electron chi connectivity index (χ2n) is 5.80. The zero-order valence-electron chi connectivity index (χ0n) is 15.1. The number of hydrogen-bond donors (Lipinski definition) is 1. The first-order chi connectivity index (χ1) is 12.1. The van der Waals surface area contributed by atoms with Gasteiger partial charge in [-0.25, -0.2) is 18.0 Å². The molecule has 9 heteroatoms.